The van der Waals surface area contributed by atoms with Crippen LogP contribution in [0.5, 0.6) is 0 Å². The lowest BCUT2D eigenvalue weighted by Crippen LogP contribution is -2.29. The summed E-state index contributed by atoms with van der Waals surface area (Å²) >= 11 is 6.05. The fraction of sp³-hybridized carbons (Fsp3) is 0.529. The van der Waals surface area contributed by atoms with E-state index < -0.39 is 0 Å². The van der Waals surface area contributed by atoms with Crippen LogP contribution in [-0.2, 0) is 0 Å². The van der Waals surface area contributed by atoms with Crippen molar-refractivity contribution in [3.63, 3.8) is 0 Å². The van der Waals surface area contributed by atoms with Crippen molar-refractivity contribution in [2.24, 2.45) is 11.8 Å². The zero-order chi connectivity index (χ0) is 14.7. The Morgan fingerprint density at radius 3 is 2.60 bits per heavy atom. The fourth-order valence-corrected chi connectivity index (χ4v) is 2.60. The minimum Gasteiger partial charge on any atom is -0.459 e. The summed E-state index contributed by atoms with van der Waals surface area (Å²) in [4.78, 5) is 0. The molecule has 0 spiro atoms. The van der Waals surface area contributed by atoms with Gasteiger partial charge in [-0.25, -0.2) is 0 Å². The Labute approximate surface area is 126 Å². The lowest BCUT2D eigenvalue weighted by atomic mass is 9.88. The molecule has 0 radical (unpaired) electrons. The zero-order valence-electron chi connectivity index (χ0n) is 12.7. The highest BCUT2D eigenvalue weighted by Crippen LogP contribution is 2.32. The molecule has 0 amide bonds. The van der Waals surface area contributed by atoms with Gasteiger partial charge >= 0.3 is 0 Å². The molecule has 2 atom stereocenters. The predicted octanol–water partition coefficient (Wildman–Crippen LogP) is 5.42. The molecule has 0 aliphatic heterocycles. The van der Waals surface area contributed by atoms with Gasteiger partial charge in [-0.2, -0.15) is 0 Å². The summed E-state index contributed by atoms with van der Waals surface area (Å²) in [5.41, 5.74) is 0.906. The minimum absolute atomic E-state index is 0.251. The Bertz CT molecular complexity index is 561. The molecule has 2 unspecified atom stereocenters. The van der Waals surface area contributed by atoms with Crippen molar-refractivity contribution in [1.29, 1.82) is 0 Å². The van der Waals surface area contributed by atoms with E-state index in [0.717, 1.165) is 34.7 Å². The van der Waals surface area contributed by atoms with Crippen LogP contribution < -0.4 is 5.32 Å². The minimum atomic E-state index is 0.251. The summed E-state index contributed by atoms with van der Waals surface area (Å²) in [6.07, 6.45) is 1.12. The van der Waals surface area contributed by atoms with Crippen LogP contribution in [0, 0.1) is 11.8 Å². The van der Waals surface area contributed by atoms with Crippen molar-refractivity contribution >= 4 is 22.6 Å². The molecule has 1 N–H and O–H groups in total. The summed E-state index contributed by atoms with van der Waals surface area (Å²) in [5.74, 6) is 2.12. The average Bonchev–Trinajstić information content (AvgIpc) is 2.81. The topological polar surface area (TPSA) is 25.2 Å². The van der Waals surface area contributed by atoms with Crippen LogP contribution in [0.25, 0.3) is 11.0 Å². The monoisotopic (exact) mass is 293 g/mol. The van der Waals surface area contributed by atoms with Crippen molar-refractivity contribution < 1.29 is 4.42 Å². The molecular formula is C17H24ClNO. The summed E-state index contributed by atoms with van der Waals surface area (Å²) < 4.78 is 6.03. The number of furan rings is 1. The quantitative estimate of drug-likeness (QED) is 0.769. The van der Waals surface area contributed by atoms with Gasteiger partial charge in [-0.3, -0.25) is 0 Å². The maximum atomic E-state index is 6.05. The van der Waals surface area contributed by atoms with Gasteiger partial charge in [-0.15, -0.1) is 0 Å². The lowest BCUT2D eigenvalue weighted by molar-refractivity contribution is 0.272. The first-order valence-electron chi connectivity index (χ1n) is 7.45. The molecule has 110 valence electrons. The van der Waals surface area contributed by atoms with Gasteiger partial charge in [-0.05, 0) is 49.1 Å². The highest BCUT2D eigenvalue weighted by Gasteiger charge is 2.24. The lowest BCUT2D eigenvalue weighted by Gasteiger charge is -2.26. The second-order valence-electron chi connectivity index (χ2n) is 5.87. The van der Waals surface area contributed by atoms with E-state index in [2.05, 4.69) is 39.1 Å². The van der Waals surface area contributed by atoms with E-state index in [1.54, 1.807) is 0 Å². The second kappa shape index (κ2) is 6.64. The molecule has 20 heavy (non-hydrogen) atoms. The summed E-state index contributed by atoms with van der Waals surface area (Å²) in [5, 5.41) is 5.44. The van der Waals surface area contributed by atoms with Crippen LogP contribution in [0.2, 0.25) is 5.02 Å². The van der Waals surface area contributed by atoms with Crippen molar-refractivity contribution in [1.82, 2.24) is 5.32 Å². The van der Waals surface area contributed by atoms with Crippen LogP contribution in [0.1, 0.15) is 45.9 Å². The van der Waals surface area contributed by atoms with Gasteiger partial charge in [0.2, 0.25) is 0 Å². The number of hydrogen-bond acceptors (Lipinski definition) is 2. The molecule has 0 fully saturated rings. The molecule has 0 saturated carbocycles. The Kier molecular flexibility index (Phi) is 5.11. The van der Waals surface area contributed by atoms with Gasteiger partial charge < -0.3 is 9.73 Å². The van der Waals surface area contributed by atoms with E-state index in [-0.39, 0.29) is 6.04 Å². The highest BCUT2D eigenvalue weighted by molar-refractivity contribution is 6.31. The van der Waals surface area contributed by atoms with Gasteiger partial charge in [0.25, 0.3) is 0 Å². The molecule has 0 saturated heterocycles. The van der Waals surface area contributed by atoms with E-state index in [0.29, 0.717) is 11.8 Å². The molecule has 0 aliphatic carbocycles. The van der Waals surface area contributed by atoms with Crippen LogP contribution >= 0.6 is 11.6 Å². The zero-order valence-corrected chi connectivity index (χ0v) is 13.5. The van der Waals surface area contributed by atoms with Gasteiger partial charge in [0, 0.05) is 10.4 Å². The number of nitrogens with one attached hydrogen (secondary N) is 1. The molecule has 3 heteroatoms. The van der Waals surface area contributed by atoms with Gasteiger partial charge in [0.15, 0.2) is 0 Å². The van der Waals surface area contributed by atoms with Crippen LogP contribution in [0.3, 0.4) is 0 Å². The van der Waals surface area contributed by atoms with Crippen molar-refractivity contribution in [2.45, 2.75) is 40.2 Å². The third-order valence-corrected chi connectivity index (χ3v) is 4.23. The number of benzene rings is 1. The number of fused-ring (bicyclic) bond motifs is 1. The third-order valence-electron chi connectivity index (χ3n) is 4.00. The second-order valence-corrected chi connectivity index (χ2v) is 6.30. The number of rotatable bonds is 6. The largest absolute Gasteiger partial charge is 0.459 e. The SMILES string of the molecule is CCCNC(c1cc2cc(Cl)ccc2o1)C(C)C(C)C. The molecular weight excluding hydrogens is 270 g/mol. The molecule has 0 bridgehead atoms. The maximum Gasteiger partial charge on any atom is 0.134 e. The van der Waals surface area contributed by atoms with Gasteiger partial charge in [0.05, 0.1) is 6.04 Å². The highest BCUT2D eigenvalue weighted by atomic mass is 35.5. The first-order valence-corrected chi connectivity index (χ1v) is 7.83. The first-order chi connectivity index (χ1) is 9.52. The van der Waals surface area contributed by atoms with E-state index in [1.165, 1.54) is 0 Å². The molecule has 1 aromatic carbocycles. The smallest absolute Gasteiger partial charge is 0.134 e. The van der Waals surface area contributed by atoms with Crippen molar-refractivity contribution in [3.8, 4) is 0 Å². The summed E-state index contributed by atoms with van der Waals surface area (Å²) in [7, 11) is 0. The molecule has 0 aliphatic rings. The molecule has 1 heterocycles. The van der Waals surface area contributed by atoms with Gasteiger partial charge in [-0.1, -0.05) is 39.3 Å². The summed E-state index contributed by atoms with van der Waals surface area (Å²) in [6.45, 7) is 9.97. The normalized spacial score (nSPS) is 14.9. The number of hydrogen-bond donors (Lipinski definition) is 1. The van der Waals surface area contributed by atoms with E-state index in [1.807, 2.05) is 18.2 Å². The van der Waals surface area contributed by atoms with Crippen molar-refractivity contribution in [3.05, 3.63) is 35.0 Å². The molecule has 2 rings (SSSR count). The Hall–Kier alpha value is -0.990. The maximum absolute atomic E-state index is 6.05. The Balaban J connectivity index is 2.34. The van der Waals surface area contributed by atoms with Crippen molar-refractivity contribution in [2.75, 3.05) is 6.54 Å². The summed E-state index contributed by atoms with van der Waals surface area (Å²) in [6, 6.07) is 8.14. The fourth-order valence-electron chi connectivity index (χ4n) is 2.42. The Morgan fingerprint density at radius 1 is 1.20 bits per heavy atom. The average molecular weight is 294 g/mol. The molecule has 2 nitrogen and oxygen atoms in total. The van der Waals surface area contributed by atoms with E-state index in [9.17, 15) is 0 Å². The third kappa shape index (κ3) is 3.36. The molecule has 1 aromatic heterocycles. The van der Waals surface area contributed by atoms with Crippen LogP contribution in [-0.4, -0.2) is 6.54 Å². The van der Waals surface area contributed by atoms with E-state index in [4.69, 9.17) is 16.0 Å². The predicted molar refractivity (Wildman–Crippen MR) is 86.3 cm³/mol. The number of halogens is 1. The van der Waals surface area contributed by atoms with Gasteiger partial charge in [0.1, 0.15) is 11.3 Å². The molecule has 2 aromatic rings. The Morgan fingerprint density at radius 2 is 1.95 bits per heavy atom. The van der Waals surface area contributed by atoms with Crippen LogP contribution in [0.4, 0.5) is 0 Å². The van der Waals surface area contributed by atoms with Crippen LogP contribution in [0.15, 0.2) is 28.7 Å². The first kappa shape index (κ1) is 15.4. The standard InChI is InChI=1S/C17H24ClNO/c1-5-8-19-17(12(4)11(2)3)16-10-13-9-14(18)6-7-15(13)20-16/h6-7,9-12,17,19H,5,8H2,1-4H3. The van der Waals surface area contributed by atoms with E-state index >= 15 is 0 Å².